The van der Waals surface area contributed by atoms with E-state index in [1.54, 1.807) is 13.0 Å². The van der Waals surface area contributed by atoms with Crippen LogP contribution >= 0.6 is 12.4 Å². The predicted molar refractivity (Wildman–Crippen MR) is 76.0 cm³/mol. The average Bonchev–Trinajstić information content (AvgIpc) is 3.12. The molecule has 0 aliphatic heterocycles. The smallest absolute Gasteiger partial charge is 0.254 e. The van der Waals surface area contributed by atoms with Crippen molar-refractivity contribution >= 4 is 18.3 Å². The third-order valence-corrected chi connectivity index (χ3v) is 3.67. The lowest BCUT2D eigenvalue weighted by atomic mass is 9.95. The maximum Gasteiger partial charge on any atom is 0.254 e. The first-order valence-electron chi connectivity index (χ1n) is 6.25. The number of hydrogen-bond acceptors (Lipinski definition) is 2. The zero-order valence-electron chi connectivity index (χ0n) is 11.2. The van der Waals surface area contributed by atoms with Crippen molar-refractivity contribution in [2.45, 2.75) is 32.2 Å². The van der Waals surface area contributed by atoms with E-state index in [0.29, 0.717) is 12.5 Å². The van der Waals surface area contributed by atoms with Gasteiger partial charge >= 0.3 is 0 Å². The maximum atomic E-state index is 13.7. The standard InChI is InChI=1S/C14H19FN2O.ClH/c1-9-3-6-11(12(15)7-9)13(18)17-14(2,8-16)10-4-5-10;/h3,6-7,10H,4-5,8,16H2,1-2H3,(H,17,18);1H. The van der Waals surface area contributed by atoms with Gasteiger partial charge in [-0.25, -0.2) is 4.39 Å². The van der Waals surface area contributed by atoms with E-state index in [4.69, 9.17) is 5.73 Å². The molecule has 1 amide bonds. The molecule has 1 aliphatic rings. The minimum atomic E-state index is -0.484. The Bertz CT molecular complexity index is 477. The molecule has 2 rings (SSSR count). The average molecular weight is 287 g/mol. The Kier molecular flexibility index (Phi) is 4.93. The fourth-order valence-electron chi connectivity index (χ4n) is 2.17. The van der Waals surface area contributed by atoms with Gasteiger partial charge in [-0.05, 0) is 50.3 Å². The van der Waals surface area contributed by atoms with Crippen LogP contribution in [0, 0.1) is 18.7 Å². The molecule has 0 spiro atoms. The summed E-state index contributed by atoms with van der Waals surface area (Å²) in [5.41, 5.74) is 6.19. The summed E-state index contributed by atoms with van der Waals surface area (Å²) in [5.74, 6) is -0.449. The van der Waals surface area contributed by atoms with Crippen LogP contribution in [0.1, 0.15) is 35.7 Å². The number of amides is 1. The molecule has 1 aromatic carbocycles. The van der Waals surface area contributed by atoms with Gasteiger partial charge in [-0.3, -0.25) is 4.79 Å². The highest BCUT2D eigenvalue weighted by Gasteiger charge is 2.41. The number of aryl methyl sites for hydroxylation is 1. The number of nitrogens with one attached hydrogen (secondary N) is 1. The molecule has 0 aromatic heterocycles. The minimum absolute atomic E-state index is 0. The molecule has 1 aliphatic carbocycles. The van der Waals surface area contributed by atoms with Crippen LogP contribution in [0.25, 0.3) is 0 Å². The number of hydrogen-bond donors (Lipinski definition) is 2. The van der Waals surface area contributed by atoms with Crippen LogP contribution in [-0.2, 0) is 0 Å². The number of nitrogens with two attached hydrogens (primary N) is 1. The molecule has 0 radical (unpaired) electrons. The van der Waals surface area contributed by atoms with Crippen molar-refractivity contribution < 1.29 is 9.18 Å². The first kappa shape index (κ1) is 15.9. The van der Waals surface area contributed by atoms with E-state index in [1.165, 1.54) is 12.1 Å². The van der Waals surface area contributed by atoms with Crippen LogP contribution in [0.5, 0.6) is 0 Å². The molecule has 3 N–H and O–H groups in total. The van der Waals surface area contributed by atoms with Crippen molar-refractivity contribution in [3.05, 3.63) is 35.1 Å². The Morgan fingerprint density at radius 2 is 2.16 bits per heavy atom. The minimum Gasteiger partial charge on any atom is -0.345 e. The Morgan fingerprint density at radius 1 is 1.53 bits per heavy atom. The number of carbonyl (C=O) groups excluding carboxylic acids is 1. The molecule has 19 heavy (non-hydrogen) atoms. The molecular formula is C14H20ClFN2O. The van der Waals surface area contributed by atoms with Crippen molar-refractivity contribution in [2.75, 3.05) is 6.54 Å². The summed E-state index contributed by atoms with van der Waals surface area (Å²) in [6.45, 7) is 4.09. The quantitative estimate of drug-likeness (QED) is 0.893. The van der Waals surface area contributed by atoms with Crippen LogP contribution in [0.4, 0.5) is 4.39 Å². The Balaban J connectivity index is 0.00000180. The van der Waals surface area contributed by atoms with Gasteiger partial charge in [-0.2, -0.15) is 0 Å². The van der Waals surface area contributed by atoms with Gasteiger partial charge in [0.2, 0.25) is 0 Å². The van der Waals surface area contributed by atoms with Gasteiger partial charge in [0.05, 0.1) is 11.1 Å². The van der Waals surface area contributed by atoms with E-state index in [0.717, 1.165) is 18.4 Å². The molecule has 3 nitrogen and oxygen atoms in total. The summed E-state index contributed by atoms with van der Waals surface area (Å²) in [5, 5.41) is 2.88. The number of halogens is 2. The molecule has 1 atom stereocenters. The summed E-state index contributed by atoms with van der Waals surface area (Å²) in [4.78, 5) is 12.1. The summed E-state index contributed by atoms with van der Waals surface area (Å²) < 4.78 is 13.7. The lowest BCUT2D eigenvalue weighted by Gasteiger charge is -2.29. The molecule has 5 heteroatoms. The van der Waals surface area contributed by atoms with Crippen LogP contribution in [-0.4, -0.2) is 18.0 Å². The predicted octanol–water partition coefficient (Wildman–Crippen LogP) is 2.41. The Labute approximate surface area is 119 Å². The topological polar surface area (TPSA) is 55.1 Å². The normalized spacial score (nSPS) is 17.3. The van der Waals surface area contributed by atoms with Gasteiger partial charge in [0.25, 0.3) is 5.91 Å². The van der Waals surface area contributed by atoms with Crippen LogP contribution in [0.2, 0.25) is 0 Å². The third-order valence-electron chi connectivity index (χ3n) is 3.67. The molecular weight excluding hydrogens is 267 g/mol. The molecule has 1 aromatic rings. The number of carbonyl (C=O) groups is 1. The van der Waals surface area contributed by atoms with Gasteiger partial charge in [-0.15, -0.1) is 12.4 Å². The highest BCUT2D eigenvalue weighted by molar-refractivity contribution is 5.95. The van der Waals surface area contributed by atoms with Gasteiger partial charge < -0.3 is 11.1 Å². The lowest BCUT2D eigenvalue weighted by Crippen LogP contribution is -2.53. The largest absolute Gasteiger partial charge is 0.345 e. The van der Waals surface area contributed by atoms with E-state index < -0.39 is 11.4 Å². The van der Waals surface area contributed by atoms with Crippen molar-refractivity contribution in [3.8, 4) is 0 Å². The highest BCUT2D eigenvalue weighted by Crippen LogP contribution is 2.39. The second kappa shape index (κ2) is 5.88. The van der Waals surface area contributed by atoms with E-state index in [2.05, 4.69) is 5.32 Å². The monoisotopic (exact) mass is 286 g/mol. The van der Waals surface area contributed by atoms with Gasteiger partial charge in [0, 0.05) is 6.54 Å². The molecule has 0 heterocycles. The molecule has 0 bridgehead atoms. The Morgan fingerprint density at radius 3 is 2.63 bits per heavy atom. The van der Waals surface area contributed by atoms with Crippen LogP contribution in [0.3, 0.4) is 0 Å². The highest BCUT2D eigenvalue weighted by atomic mass is 35.5. The van der Waals surface area contributed by atoms with Crippen LogP contribution < -0.4 is 11.1 Å². The van der Waals surface area contributed by atoms with E-state index in [9.17, 15) is 9.18 Å². The van der Waals surface area contributed by atoms with E-state index in [-0.39, 0.29) is 23.9 Å². The van der Waals surface area contributed by atoms with Gasteiger partial charge in [0.15, 0.2) is 0 Å². The fraction of sp³-hybridized carbons (Fsp3) is 0.500. The molecule has 0 saturated heterocycles. The number of benzene rings is 1. The maximum absolute atomic E-state index is 13.7. The van der Waals surface area contributed by atoms with Crippen molar-refractivity contribution in [2.24, 2.45) is 11.7 Å². The molecule has 1 saturated carbocycles. The van der Waals surface area contributed by atoms with Crippen LogP contribution in [0.15, 0.2) is 18.2 Å². The van der Waals surface area contributed by atoms with Crippen molar-refractivity contribution in [1.82, 2.24) is 5.32 Å². The van der Waals surface area contributed by atoms with E-state index >= 15 is 0 Å². The van der Waals surface area contributed by atoms with Gasteiger partial charge in [-0.1, -0.05) is 6.07 Å². The Hall–Kier alpha value is -1.13. The lowest BCUT2D eigenvalue weighted by molar-refractivity contribution is 0.0893. The first-order chi connectivity index (χ1) is 8.46. The number of rotatable bonds is 4. The fourth-order valence-corrected chi connectivity index (χ4v) is 2.17. The van der Waals surface area contributed by atoms with Gasteiger partial charge in [0.1, 0.15) is 5.82 Å². The second-order valence-electron chi connectivity index (χ2n) is 5.33. The van der Waals surface area contributed by atoms with Crippen molar-refractivity contribution in [1.29, 1.82) is 0 Å². The SMILES string of the molecule is Cc1ccc(C(=O)NC(C)(CN)C2CC2)c(F)c1.Cl. The molecule has 1 fully saturated rings. The summed E-state index contributed by atoms with van der Waals surface area (Å²) in [6.07, 6.45) is 2.15. The molecule has 106 valence electrons. The summed E-state index contributed by atoms with van der Waals surface area (Å²) >= 11 is 0. The summed E-state index contributed by atoms with van der Waals surface area (Å²) in [7, 11) is 0. The third kappa shape index (κ3) is 3.45. The van der Waals surface area contributed by atoms with Crippen molar-refractivity contribution in [3.63, 3.8) is 0 Å². The summed E-state index contributed by atoms with van der Waals surface area (Å²) in [6, 6.07) is 4.62. The zero-order chi connectivity index (χ0) is 13.3. The van der Waals surface area contributed by atoms with E-state index in [1.807, 2.05) is 6.92 Å². The first-order valence-corrected chi connectivity index (χ1v) is 6.25. The second-order valence-corrected chi connectivity index (χ2v) is 5.33. The zero-order valence-corrected chi connectivity index (χ0v) is 12.0. The molecule has 1 unspecified atom stereocenters.